The molecule has 1 fully saturated rings. The SMILES string of the molecule is C=CCNC(=O)c1ccc(S(=O)(=O)N2CCN(c3cccc(C)c3)CC2)cc1. The highest BCUT2D eigenvalue weighted by Gasteiger charge is 2.28. The molecule has 148 valence electrons. The number of anilines is 1. The Kier molecular flexibility index (Phi) is 6.16. The fourth-order valence-corrected chi connectivity index (χ4v) is 4.63. The first-order valence-corrected chi connectivity index (χ1v) is 10.7. The predicted molar refractivity (Wildman–Crippen MR) is 111 cm³/mol. The van der Waals surface area contributed by atoms with E-state index in [1.807, 2.05) is 25.1 Å². The summed E-state index contributed by atoms with van der Waals surface area (Å²) in [6, 6.07) is 14.3. The Hall–Kier alpha value is -2.64. The Balaban J connectivity index is 1.67. The lowest BCUT2D eigenvalue weighted by Gasteiger charge is -2.35. The molecule has 1 saturated heterocycles. The summed E-state index contributed by atoms with van der Waals surface area (Å²) in [5.74, 6) is -0.254. The maximum Gasteiger partial charge on any atom is 0.251 e. The van der Waals surface area contributed by atoms with E-state index in [1.165, 1.54) is 34.1 Å². The summed E-state index contributed by atoms with van der Waals surface area (Å²) in [4.78, 5) is 14.3. The third-order valence-corrected chi connectivity index (χ3v) is 6.68. The normalized spacial score (nSPS) is 15.2. The van der Waals surface area contributed by atoms with E-state index in [0.29, 0.717) is 38.3 Å². The number of rotatable bonds is 6. The molecule has 1 heterocycles. The summed E-state index contributed by atoms with van der Waals surface area (Å²) < 4.78 is 27.4. The number of hydrogen-bond acceptors (Lipinski definition) is 4. The number of carbonyl (C=O) groups is 1. The van der Waals surface area contributed by atoms with Gasteiger partial charge in [-0.25, -0.2) is 8.42 Å². The van der Waals surface area contributed by atoms with Crippen LogP contribution in [0.25, 0.3) is 0 Å². The van der Waals surface area contributed by atoms with Crippen molar-refractivity contribution < 1.29 is 13.2 Å². The average Bonchev–Trinajstić information content (AvgIpc) is 2.72. The van der Waals surface area contributed by atoms with Crippen LogP contribution >= 0.6 is 0 Å². The van der Waals surface area contributed by atoms with Gasteiger partial charge in [-0.2, -0.15) is 4.31 Å². The molecule has 28 heavy (non-hydrogen) atoms. The molecule has 1 amide bonds. The van der Waals surface area contributed by atoms with Crippen molar-refractivity contribution in [1.82, 2.24) is 9.62 Å². The molecule has 1 aliphatic rings. The Morgan fingerprint density at radius 1 is 1.11 bits per heavy atom. The van der Waals surface area contributed by atoms with Crippen LogP contribution < -0.4 is 10.2 Å². The zero-order valence-corrected chi connectivity index (χ0v) is 16.8. The van der Waals surface area contributed by atoms with E-state index in [9.17, 15) is 13.2 Å². The topological polar surface area (TPSA) is 69.7 Å². The monoisotopic (exact) mass is 399 g/mol. The van der Waals surface area contributed by atoms with Crippen molar-refractivity contribution in [3.63, 3.8) is 0 Å². The molecular formula is C21H25N3O3S. The number of carbonyl (C=O) groups excluding carboxylic acids is 1. The zero-order valence-electron chi connectivity index (χ0n) is 16.0. The van der Waals surface area contributed by atoms with Gasteiger partial charge in [0.15, 0.2) is 0 Å². The van der Waals surface area contributed by atoms with Gasteiger partial charge in [0.05, 0.1) is 4.90 Å². The van der Waals surface area contributed by atoms with Crippen LogP contribution in [0, 0.1) is 6.92 Å². The lowest BCUT2D eigenvalue weighted by molar-refractivity contribution is 0.0958. The number of amides is 1. The second-order valence-electron chi connectivity index (χ2n) is 6.75. The van der Waals surface area contributed by atoms with Crippen molar-refractivity contribution in [1.29, 1.82) is 0 Å². The number of piperazine rings is 1. The number of aryl methyl sites for hydroxylation is 1. The highest BCUT2D eigenvalue weighted by atomic mass is 32.2. The van der Waals surface area contributed by atoms with Gasteiger partial charge in [0, 0.05) is 44.0 Å². The molecule has 0 atom stereocenters. The van der Waals surface area contributed by atoms with Gasteiger partial charge in [-0.15, -0.1) is 6.58 Å². The van der Waals surface area contributed by atoms with Crippen LogP contribution in [-0.4, -0.2) is 51.4 Å². The highest BCUT2D eigenvalue weighted by molar-refractivity contribution is 7.89. The minimum absolute atomic E-state index is 0.205. The molecule has 0 saturated carbocycles. The van der Waals surface area contributed by atoms with Crippen LogP contribution in [-0.2, 0) is 10.0 Å². The van der Waals surface area contributed by atoms with E-state index < -0.39 is 10.0 Å². The lowest BCUT2D eigenvalue weighted by atomic mass is 10.2. The minimum Gasteiger partial charge on any atom is -0.369 e. The van der Waals surface area contributed by atoms with E-state index in [0.717, 1.165) is 5.69 Å². The van der Waals surface area contributed by atoms with Gasteiger partial charge in [0.2, 0.25) is 10.0 Å². The maximum absolute atomic E-state index is 12.9. The van der Waals surface area contributed by atoms with E-state index >= 15 is 0 Å². The maximum atomic E-state index is 12.9. The zero-order chi connectivity index (χ0) is 20.1. The van der Waals surface area contributed by atoms with E-state index in [2.05, 4.69) is 22.9 Å². The fraction of sp³-hybridized carbons (Fsp3) is 0.286. The van der Waals surface area contributed by atoms with E-state index in [4.69, 9.17) is 0 Å². The molecule has 7 heteroatoms. The van der Waals surface area contributed by atoms with Crippen LogP contribution in [0.1, 0.15) is 15.9 Å². The summed E-state index contributed by atoms with van der Waals surface area (Å²) in [6.07, 6.45) is 1.59. The first-order valence-electron chi connectivity index (χ1n) is 9.23. The first kappa shape index (κ1) is 20.1. The summed E-state index contributed by atoms with van der Waals surface area (Å²) in [7, 11) is -3.58. The van der Waals surface area contributed by atoms with Crippen LogP contribution in [0.15, 0.2) is 66.1 Å². The minimum atomic E-state index is -3.58. The van der Waals surface area contributed by atoms with Gasteiger partial charge >= 0.3 is 0 Å². The molecule has 2 aromatic rings. The fourth-order valence-electron chi connectivity index (χ4n) is 3.21. The lowest BCUT2D eigenvalue weighted by Crippen LogP contribution is -2.48. The number of hydrogen-bond donors (Lipinski definition) is 1. The predicted octanol–water partition coefficient (Wildman–Crippen LogP) is 2.42. The molecule has 0 aliphatic carbocycles. The molecule has 6 nitrogen and oxygen atoms in total. The second-order valence-corrected chi connectivity index (χ2v) is 8.69. The molecule has 3 rings (SSSR count). The third kappa shape index (κ3) is 4.43. The van der Waals surface area contributed by atoms with Gasteiger partial charge in [-0.3, -0.25) is 4.79 Å². The Morgan fingerprint density at radius 2 is 1.79 bits per heavy atom. The summed E-state index contributed by atoms with van der Waals surface area (Å²) in [5, 5.41) is 2.67. The summed E-state index contributed by atoms with van der Waals surface area (Å²) in [6.45, 7) is 8.11. The number of nitrogens with zero attached hydrogens (tertiary/aromatic N) is 2. The van der Waals surface area contributed by atoms with Gasteiger partial charge < -0.3 is 10.2 Å². The molecule has 1 aliphatic heterocycles. The van der Waals surface area contributed by atoms with Gasteiger partial charge in [-0.05, 0) is 48.9 Å². The van der Waals surface area contributed by atoms with Crippen LogP contribution in [0.2, 0.25) is 0 Å². The van der Waals surface area contributed by atoms with Gasteiger partial charge in [0.25, 0.3) is 5.91 Å². The smallest absolute Gasteiger partial charge is 0.251 e. The number of sulfonamides is 1. The van der Waals surface area contributed by atoms with Gasteiger partial charge in [-0.1, -0.05) is 18.2 Å². The van der Waals surface area contributed by atoms with Crippen LogP contribution in [0.3, 0.4) is 0 Å². The van der Waals surface area contributed by atoms with Crippen LogP contribution in [0.5, 0.6) is 0 Å². The summed E-state index contributed by atoms with van der Waals surface area (Å²) in [5.41, 5.74) is 2.72. The van der Waals surface area contributed by atoms with Crippen molar-refractivity contribution in [2.45, 2.75) is 11.8 Å². The van der Waals surface area contributed by atoms with Crippen molar-refractivity contribution in [3.05, 3.63) is 72.3 Å². The second kappa shape index (κ2) is 8.58. The van der Waals surface area contributed by atoms with Crippen molar-refractivity contribution in [2.24, 2.45) is 0 Å². The van der Waals surface area contributed by atoms with E-state index in [-0.39, 0.29) is 10.8 Å². The quantitative estimate of drug-likeness (QED) is 0.758. The van der Waals surface area contributed by atoms with Crippen molar-refractivity contribution >= 4 is 21.6 Å². The molecule has 0 aromatic heterocycles. The average molecular weight is 400 g/mol. The molecule has 0 unspecified atom stereocenters. The largest absolute Gasteiger partial charge is 0.369 e. The molecule has 0 spiro atoms. The third-order valence-electron chi connectivity index (χ3n) is 4.77. The van der Waals surface area contributed by atoms with Crippen molar-refractivity contribution in [2.75, 3.05) is 37.6 Å². The Morgan fingerprint density at radius 3 is 2.39 bits per heavy atom. The first-order chi connectivity index (χ1) is 13.4. The van der Waals surface area contributed by atoms with E-state index in [1.54, 1.807) is 6.08 Å². The molecule has 2 aromatic carbocycles. The molecule has 0 radical (unpaired) electrons. The number of benzene rings is 2. The van der Waals surface area contributed by atoms with Crippen molar-refractivity contribution in [3.8, 4) is 0 Å². The van der Waals surface area contributed by atoms with Gasteiger partial charge in [0.1, 0.15) is 0 Å². The standard InChI is InChI=1S/C21H25N3O3S/c1-3-11-22-21(25)18-7-9-20(10-8-18)28(26,27)24-14-12-23(13-15-24)19-6-4-5-17(2)16-19/h3-10,16H,1,11-15H2,2H3,(H,22,25). The van der Waals surface area contributed by atoms with Crippen LogP contribution in [0.4, 0.5) is 5.69 Å². The highest BCUT2D eigenvalue weighted by Crippen LogP contribution is 2.22. The number of nitrogens with one attached hydrogen (secondary N) is 1. The summed E-state index contributed by atoms with van der Waals surface area (Å²) >= 11 is 0. The molecular weight excluding hydrogens is 374 g/mol. The Labute approximate surface area is 166 Å². The molecule has 0 bridgehead atoms. The molecule has 1 N–H and O–H groups in total. The Bertz CT molecular complexity index is 947.